The monoisotopic (exact) mass is 382 g/mol. The third-order valence-corrected chi connectivity index (χ3v) is 4.33. The molecular formula is C21H22N2O5. The molecule has 1 aliphatic heterocycles. The summed E-state index contributed by atoms with van der Waals surface area (Å²) in [6, 6.07) is 16.9. The Morgan fingerprint density at radius 2 is 1.86 bits per heavy atom. The van der Waals surface area contributed by atoms with Gasteiger partial charge in [0.05, 0.1) is 25.8 Å². The molecule has 0 radical (unpaired) electrons. The number of hydrogen-bond donors (Lipinski definition) is 2. The molecule has 2 aromatic rings. The number of carbonyl (C=O) groups is 2. The Kier molecular flexibility index (Phi) is 6.29. The standard InChI is InChI=1S/C21H22N2O5/c1-27-21(26)18-13-23(11-12-24)20(25)19(18)22-16-7-9-17(10-8-16)28-14-15-5-3-2-4-6-15/h2-10,22,24H,11-14H2,1H3. The fraction of sp³-hybridized carbons (Fsp3) is 0.238. The van der Waals surface area contributed by atoms with Crippen molar-refractivity contribution in [1.29, 1.82) is 0 Å². The number of hydrogen-bond acceptors (Lipinski definition) is 6. The Balaban J connectivity index is 1.69. The lowest BCUT2D eigenvalue weighted by Crippen LogP contribution is -2.31. The maximum atomic E-state index is 12.5. The number of carbonyl (C=O) groups excluding carboxylic acids is 2. The normalized spacial score (nSPS) is 13.6. The fourth-order valence-corrected chi connectivity index (χ4v) is 2.87. The van der Waals surface area contributed by atoms with E-state index in [1.54, 1.807) is 24.3 Å². The molecule has 0 saturated heterocycles. The van der Waals surface area contributed by atoms with Crippen molar-refractivity contribution in [3.8, 4) is 5.75 Å². The number of anilines is 1. The van der Waals surface area contributed by atoms with E-state index in [2.05, 4.69) is 5.32 Å². The molecule has 3 rings (SSSR count). The molecule has 7 heteroatoms. The number of methoxy groups -OCH3 is 1. The van der Waals surface area contributed by atoms with Crippen LogP contribution in [0.15, 0.2) is 65.9 Å². The molecule has 0 fully saturated rings. The van der Waals surface area contributed by atoms with Crippen LogP contribution in [0.25, 0.3) is 0 Å². The van der Waals surface area contributed by atoms with Crippen LogP contribution in [0.1, 0.15) is 5.56 Å². The van der Waals surface area contributed by atoms with Gasteiger partial charge in [-0.2, -0.15) is 0 Å². The predicted molar refractivity (Wildman–Crippen MR) is 104 cm³/mol. The topological polar surface area (TPSA) is 88.1 Å². The van der Waals surface area contributed by atoms with Crippen LogP contribution in [0.3, 0.4) is 0 Å². The van der Waals surface area contributed by atoms with E-state index in [4.69, 9.17) is 14.6 Å². The second kappa shape index (κ2) is 9.05. The van der Waals surface area contributed by atoms with Gasteiger partial charge in [-0.3, -0.25) is 4.79 Å². The van der Waals surface area contributed by atoms with Crippen molar-refractivity contribution >= 4 is 17.6 Å². The van der Waals surface area contributed by atoms with Gasteiger partial charge in [-0.1, -0.05) is 30.3 Å². The number of amides is 1. The lowest BCUT2D eigenvalue weighted by atomic mass is 10.2. The number of rotatable bonds is 8. The maximum absolute atomic E-state index is 12.5. The highest BCUT2D eigenvalue weighted by Gasteiger charge is 2.34. The summed E-state index contributed by atoms with van der Waals surface area (Å²) in [4.78, 5) is 25.9. The SMILES string of the molecule is COC(=O)C1=C(Nc2ccc(OCc3ccccc3)cc2)C(=O)N(CCO)C1. The number of aliphatic hydroxyl groups is 1. The Bertz CT molecular complexity index is 862. The van der Waals surface area contributed by atoms with Crippen molar-refractivity contribution in [3.05, 3.63) is 71.4 Å². The Morgan fingerprint density at radius 1 is 1.14 bits per heavy atom. The van der Waals surface area contributed by atoms with Crippen LogP contribution in [-0.2, 0) is 20.9 Å². The molecule has 1 aliphatic rings. The molecule has 2 aromatic carbocycles. The number of ether oxygens (including phenoxy) is 2. The van der Waals surface area contributed by atoms with Crippen LogP contribution in [0.4, 0.5) is 5.69 Å². The van der Waals surface area contributed by atoms with Crippen molar-refractivity contribution in [3.63, 3.8) is 0 Å². The Labute approximate surface area is 163 Å². The number of esters is 1. The third kappa shape index (κ3) is 4.50. The van der Waals surface area contributed by atoms with Crippen molar-refractivity contribution in [1.82, 2.24) is 4.90 Å². The van der Waals surface area contributed by atoms with E-state index < -0.39 is 5.97 Å². The van der Waals surface area contributed by atoms with Crippen molar-refractivity contribution in [2.24, 2.45) is 0 Å². The van der Waals surface area contributed by atoms with Gasteiger partial charge in [0.1, 0.15) is 18.1 Å². The molecule has 0 aliphatic carbocycles. The minimum Gasteiger partial charge on any atom is -0.489 e. The van der Waals surface area contributed by atoms with E-state index in [1.807, 2.05) is 30.3 Å². The minimum atomic E-state index is -0.570. The number of nitrogens with one attached hydrogen (secondary N) is 1. The first-order valence-corrected chi connectivity index (χ1v) is 8.87. The average molecular weight is 382 g/mol. The summed E-state index contributed by atoms with van der Waals surface area (Å²) < 4.78 is 10.5. The van der Waals surface area contributed by atoms with Gasteiger partial charge in [-0.05, 0) is 29.8 Å². The zero-order valence-electron chi connectivity index (χ0n) is 15.6. The summed E-state index contributed by atoms with van der Waals surface area (Å²) in [6.45, 7) is 0.532. The molecule has 2 N–H and O–H groups in total. The van der Waals surface area contributed by atoms with Crippen molar-refractivity contribution in [2.45, 2.75) is 6.61 Å². The van der Waals surface area contributed by atoms with Crippen LogP contribution in [0.2, 0.25) is 0 Å². The Morgan fingerprint density at radius 3 is 2.50 bits per heavy atom. The predicted octanol–water partition coefficient (Wildman–Crippen LogP) is 1.94. The van der Waals surface area contributed by atoms with E-state index in [0.717, 1.165) is 5.56 Å². The van der Waals surface area contributed by atoms with Gasteiger partial charge >= 0.3 is 5.97 Å². The van der Waals surface area contributed by atoms with Crippen LogP contribution in [-0.4, -0.2) is 48.7 Å². The fourth-order valence-electron chi connectivity index (χ4n) is 2.87. The van der Waals surface area contributed by atoms with Gasteiger partial charge in [0.2, 0.25) is 0 Å². The zero-order chi connectivity index (χ0) is 19.9. The molecule has 146 valence electrons. The van der Waals surface area contributed by atoms with Gasteiger partial charge in [0.25, 0.3) is 5.91 Å². The van der Waals surface area contributed by atoms with Gasteiger partial charge in [-0.25, -0.2) is 4.79 Å². The number of β-amino-alcohol motifs (C(OH)–C–C–N with tert-alkyl or cyclic N) is 1. The molecular weight excluding hydrogens is 360 g/mol. The summed E-state index contributed by atoms with van der Waals surface area (Å²) in [6.07, 6.45) is 0. The third-order valence-electron chi connectivity index (χ3n) is 4.33. The minimum absolute atomic E-state index is 0.104. The van der Waals surface area contributed by atoms with Gasteiger partial charge in [-0.15, -0.1) is 0 Å². The molecule has 28 heavy (non-hydrogen) atoms. The first-order chi connectivity index (χ1) is 13.6. The highest BCUT2D eigenvalue weighted by Crippen LogP contribution is 2.24. The molecule has 0 bridgehead atoms. The average Bonchev–Trinajstić information content (AvgIpc) is 3.03. The van der Waals surface area contributed by atoms with E-state index in [0.29, 0.717) is 18.0 Å². The molecule has 0 saturated carbocycles. The molecule has 0 aromatic heterocycles. The van der Waals surface area contributed by atoms with Crippen molar-refractivity contribution in [2.75, 3.05) is 32.1 Å². The number of benzene rings is 2. The van der Waals surface area contributed by atoms with Crippen molar-refractivity contribution < 1.29 is 24.2 Å². The summed E-state index contributed by atoms with van der Waals surface area (Å²) in [5.41, 5.74) is 2.12. The molecule has 0 unspecified atom stereocenters. The number of aliphatic hydroxyl groups excluding tert-OH is 1. The first-order valence-electron chi connectivity index (χ1n) is 8.87. The highest BCUT2D eigenvalue weighted by molar-refractivity contribution is 6.08. The molecule has 0 spiro atoms. The van der Waals surface area contributed by atoms with E-state index in [1.165, 1.54) is 12.0 Å². The quantitative estimate of drug-likeness (QED) is 0.679. The van der Waals surface area contributed by atoms with Crippen LogP contribution >= 0.6 is 0 Å². The van der Waals surface area contributed by atoms with Gasteiger partial charge in [0.15, 0.2) is 0 Å². The van der Waals surface area contributed by atoms with Crippen LogP contribution in [0, 0.1) is 0 Å². The van der Waals surface area contributed by atoms with Gasteiger partial charge in [0, 0.05) is 12.2 Å². The highest BCUT2D eigenvalue weighted by atomic mass is 16.5. The van der Waals surface area contributed by atoms with E-state index in [9.17, 15) is 9.59 Å². The second-order valence-electron chi connectivity index (χ2n) is 6.22. The summed E-state index contributed by atoms with van der Waals surface area (Å²) in [5, 5.41) is 12.1. The Hall–Kier alpha value is -3.32. The van der Waals surface area contributed by atoms with E-state index in [-0.39, 0.29) is 36.9 Å². The van der Waals surface area contributed by atoms with Crippen LogP contribution in [0.5, 0.6) is 5.75 Å². The molecule has 7 nitrogen and oxygen atoms in total. The molecule has 0 atom stereocenters. The number of nitrogens with zero attached hydrogens (tertiary/aromatic N) is 1. The summed E-state index contributed by atoms with van der Waals surface area (Å²) >= 11 is 0. The molecule has 1 amide bonds. The van der Waals surface area contributed by atoms with Crippen LogP contribution < -0.4 is 10.1 Å². The lowest BCUT2D eigenvalue weighted by molar-refractivity contribution is -0.136. The van der Waals surface area contributed by atoms with E-state index >= 15 is 0 Å². The zero-order valence-corrected chi connectivity index (χ0v) is 15.6. The summed E-state index contributed by atoms with van der Waals surface area (Å²) in [5.74, 6) is -0.228. The molecule has 1 heterocycles. The maximum Gasteiger partial charge on any atom is 0.337 e. The summed E-state index contributed by atoms with van der Waals surface area (Å²) in [7, 11) is 1.27. The largest absolute Gasteiger partial charge is 0.489 e. The first kappa shape index (κ1) is 19.4. The second-order valence-corrected chi connectivity index (χ2v) is 6.22. The van der Waals surface area contributed by atoms with Gasteiger partial charge < -0.3 is 24.8 Å². The lowest BCUT2D eigenvalue weighted by Gasteiger charge is -2.15. The smallest absolute Gasteiger partial charge is 0.337 e.